The van der Waals surface area contributed by atoms with E-state index in [1.807, 2.05) is 32.0 Å². The molecule has 0 spiro atoms. The van der Waals surface area contributed by atoms with Gasteiger partial charge in [0.1, 0.15) is 0 Å². The molecule has 0 bridgehead atoms. The fourth-order valence-electron chi connectivity index (χ4n) is 1.85. The Morgan fingerprint density at radius 2 is 1.95 bits per heavy atom. The summed E-state index contributed by atoms with van der Waals surface area (Å²) in [6.07, 6.45) is 0.945. The standard InChI is InChI=1S/C15H21NO3/c1-11-7-5-8-13(12(11)2)15(18)16(3)10-6-9-14(17)19-4/h5,7-8H,6,9-10H2,1-4H3. The minimum atomic E-state index is -0.243. The summed E-state index contributed by atoms with van der Waals surface area (Å²) in [4.78, 5) is 24.9. The molecule has 0 fully saturated rings. The summed E-state index contributed by atoms with van der Waals surface area (Å²) in [5.41, 5.74) is 2.83. The minimum Gasteiger partial charge on any atom is -0.469 e. The van der Waals surface area contributed by atoms with E-state index in [4.69, 9.17) is 0 Å². The van der Waals surface area contributed by atoms with E-state index in [-0.39, 0.29) is 11.9 Å². The van der Waals surface area contributed by atoms with Crippen LogP contribution in [0.1, 0.15) is 34.3 Å². The van der Waals surface area contributed by atoms with Crippen LogP contribution in [0.2, 0.25) is 0 Å². The van der Waals surface area contributed by atoms with Gasteiger partial charge >= 0.3 is 5.97 Å². The number of methoxy groups -OCH3 is 1. The van der Waals surface area contributed by atoms with Crippen LogP contribution in [0, 0.1) is 13.8 Å². The predicted molar refractivity (Wildman–Crippen MR) is 74.1 cm³/mol. The SMILES string of the molecule is COC(=O)CCCN(C)C(=O)c1cccc(C)c1C. The molecule has 0 N–H and O–H groups in total. The smallest absolute Gasteiger partial charge is 0.305 e. The zero-order valence-electron chi connectivity index (χ0n) is 12.0. The zero-order valence-corrected chi connectivity index (χ0v) is 12.0. The lowest BCUT2D eigenvalue weighted by Crippen LogP contribution is -2.28. The lowest BCUT2D eigenvalue weighted by molar-refractivity contribution is -0.140. The van der Waals surface area contributed by atoms with Crippen LogP contribution in [0.15, 0.2) is 18.2 Å². The third-order valence-electron chi connectivity index (χ3n) is 3.28. The molecule has 0 atom stereocenters. The van der Waals surface area contributed by atoms with Gasteiger partial charge in [-0.1, -0.05) is 12.1 Å². The molecule has 0 aliphatic carbocycles. The second-order valence-corrected chi connectivity index (χ2v) is 4.65. The van der Waals surface area contributed by atoms with Crippen LogP contribution in [0.5, 0.6) is 0 Å². The molecule has 0 unspecified atom stereocenters. The molecule has 1 aromatic rings. The lowest BCUT2D eigenvalue weighted by atomic mass is 10.0. The van der Waals surface area contributed by atoms with E-state index in [1.165, 1.54) is 7.11 Å². The van der Waals surface area contributed by atoms with Crippen LogP contribution in [0.3, 0.4) is 0 Å². The summed E-state index contributed by atoms with van der Waals surface area (Å²) < 4.78 is 4.57. The molecule has 0 aliphatic rings. The Morgan fingerprint density at radius 3 is 2.58 bits per heavy atom. The Kier molecular flexibility index (Phi) is 5.55. The molecule has 4 nitrogen and oxygen atoms in total. The number of nitrogens with zero attached hydrogens (tertiary/aromatic N) is 1. The van der Waals surface area contributed by atoms with Crippen LogP contribution in [-0.2, 0) is 9.53 Å². The molecule has 0 saturated heterocycles. The summed E-state index contributed by atoms with van der Waals surface area (Å²) in [6, 6.07) is 5.71. The van der Waals surface area contributed by atoms with Gasteiger partial charge in [0.2, 0.25) is 0 Å². The second-order valence-electron chi connectivity index (χ2n) is 4.65. The molecule has 0 aromatic heterocycles. The van der Waals surface area contributed by atoms with Gasteiger partial charge < -0.3 is 9.64 Å². The van der Waals surface area contributed by atoms with Gasteiger partial charge in [0.25, 0.3) is 5.91 Å². The highest BCUT2D eigenvalue weighted by molar-refractivity contribution is 5.95. The number of hydrogen-bond acceptors (Lipinski definition) is 3. The number of amides is 1. The predicted octanol–water partition coefficient (Wildman–Crippen LogP) is 2.33. The van der Waals surface area contributed by atoms with Crippen molar-refractivity contribution in [2.24, 2.45) is 0 Å². The number of carbonyl (C=O) groups is 2. The van der Waals surface area contributed by atoms with Gasteiger partial charge in [-0.05, 0) is 37.5 Å². The Bertz CT molecular complexity index is 468. The van der Waals surface area contributed by atoms with Crippen molar-refractivity contribution in [2.75, 3.05) is 20.7 Å². The molecule has 1 rings (SSSR count). The normalized spacial score (nSPS) is 10.1. The summed E-state index contributed by atoms with van der Waals surface area (Å²) in [6.45, 7) is 4.48. The third kappa shape index (κ3) is 4.09. The summed E-state index contributed by atoms with van der Waals surface area (Å²) in [7, 11) is 3.12. The first kappa shape index (κ1) is 15.2. The van der Waals surface area contributed by atoms with Crippen molar-refractivity contribution in [2.45, 2.75) is 26.7 Å². The average molecular weight is 263 g/mol. The van der Waals surface area contributed by atoms with Crippen LogP contribution >= 0.6 is 0 Å². The van der Waals surface area contributed by atoms with Crippen LogP contribution < -0.4 is 0 Å². The summed E-state index contributed by atoms with van der Waals surface area (Å²) in [5.74, 6) is -0.251. The Labute approximate surface area is 114 Å². The van der Waals surface area contributed by atoms with Crippen molar-refractivity contribution >= 4 is 11.9 Å². The molecule has 0 radical (unpaired) electrons. The van der Waals surface area contributed by atoms with Crippen molar-refractivity contribution in [3.05, 3.63) is 34.9 Å². The van der Waals surface area contributed by atoms with Crippen molar-refractivity contribution in [1.29, 1.82) is 0 Å². The van der Waals surface area contributed by atoms with Gasteiger partial charge in [0, 0.05) is 25.6 Å². The van der Waals surface area contributed by atoms with Gasteiger partial charge in [0.15, 0.2) is 0 Å². The molecule has 1 aromatic carbocycles. The topological polar surface area (TPSA) is 46.6 Å². The van der Waals surface area contributed by atoms with Gasteiger partial charge in [-0.15, -0.1) is 0 Å². The molecule has 1 amide bonds. The largest absolute Gasteiger partial charge is 0.469 e. The third-order valence-corrected chi connectivity index (χ3v) is 3.28. The highest BCUT2D eigenvalue weighted by atomic mass is 16.5. The van der Waals surface area contributed by atoms with Gasteiger partial charge in [0.05, 0.1) is 7.11 Å². The first-order valence-electron chi connectivity index (χ1n) is 6.36. The van der Waals surface area contributed by atoms with Gasteiger partial charge in [-0.2, -0.15) is 0 Å². The van der Waals surface area contributed by atoms with Gasteiger partial charge in [-0.3, -0.25) is 9.59 Å². The number of aryl methyl sites for hydroxylation is 1. The number of esters is 1. The van der Waals surface area contributed by atoms with Crippen molar-refractivity contribution in [3.8, 4) is 0 Å². The number of ether oxygens (including phenoxy) is 1. The Balaban J connectivity index is 2.62. The maximum Gasteiger partial charge on any atom is 0.305 e. The second kappa shape index (κ2) is 6.92. The van der Waals surface area contributed by atoms with E-state index in [0.29, 0.717) is 19.4 Å². The first-order valence-corrected chi connectivity index (χ1v) is 6.36. The van der Waals surface area contributed by atoms with E-state index in [0.717, 1.165) is 16.7 Å². The molecular weight excluding hydrogens is 242 g/mol. The maximum atomic E-state index is 12.3. The fourth-order valence-corrected chi connectivity index (χ4v) is 1.85. The summed E-state index contributed by atoms with van der Waals surface area (Å²) >= 11 is 0. The van der Waals surface area contributed by atoms with Crippen LogP contribution in [0.25, 0.3) is 0 Å². The number of carbonyl (C=O) groups excluding carboxylic acids is 2. The fraction of sp³-hybridized carbons (Fsp3) is 0.467. The lowest BCUT2D eigenvalue weighted by Gasteiger charge is -2.18. The molecule has 104 valence electrons. The Hall–Kier alpha value is -1.84. The molecule has 0 aliphatic heterocycles. The van der Waals surface area contributed by atoms with E-state index in [9.17, 15) is 9.59 Å². The first-order chi connectivity index (χ1) is 8.97. The van der Waals surface area contributed by atoms with Crippen LogP contribution in [-0.4, -0.2) is 37.5 Å². The molecular formula is C15H21NO3. The monoisotopic (exact) mass is 263 g/mol. The quantitative estimate of drug-likeness (QED) is 0.766. The zero-order chi connectivity index (χ0) is 14.4. The number of benzene rings is 1. The van der Waals surface area contributed by atoms with E-state index in [1.54, 1.807) is 11.9 Å². The van der Waals surface area contributed by atoms with E-state index >= 15 is 0 Å². The molecule has 0 saturated carbocycles. The molecule has 4 heteroatoms. The van der Waals surface area contributed by atoms with E-state index in [2.05, 4.69) is 4.74 Å². The highest BCUT2D eigenvalue weighted by Crippen LogP contribution is 2.14. The number of hydrogen-bond donors (Lipinski definition) is 0. The van der Waals surface area contributed by atoms with Crippen LogP contribution in [0.4, 0.5) is 0 Å². The molecule has 0 heterocycles. The Morgan fingerprint density at radius 1 is 1.26 bits per heavy atom. The summed E-state index contributed by atoms with van der Waals surface area (Å²) in [5, 5.41) is 0. The van der Waals surface area contributed by atoms with Crippen molar-refractivity contribution in [3.63, 3.8) is 0 Å². The van der Waals surface area contributed by atoms with Gasteiger partial charge in [-0.25, -0.2) is 0 Å². The highest BCUT2D eigenvalue weighted by Gasteiger charge is 2.14. The van der Waals surface area contributed by atoms with Crippen molar-refractivity contribution < 1.29 is 14.3 Å². The average Bonchev–Trinajstić information content (AvgIpc) is 2.40. The van der Waals surface area contributed by atoms with Crippen molar-refractivity contribution in [1.82, 2.24) is 4.90 Å². The maximum absolute atomic E-state index is 12.3. The molecule has 19 heavy (non-hydrogen) atoms. The minimum absolute atomic E-state index is 0.00827. The number of rotatable bonds is 5. The van der Waals surface area contributed by atoms with E-state index < -0.39 is 0 Å².